The zero-order valence-electron chi connectivity index (χ0n) is 10.5. The molecule has 0 aliphatic carbocycles. The topological polar surface area (TPSA) is 59.3 Å². The summed E-state index contributed by atoms with van der Waals surface area (Å²) in [5, 5.41) is 2.92. The van der Waals surface area contributed by atoms with Crippen LogP contribution in [0.15, 0.2) is 42.8 Å². The number of ether oxygens (including phenoxy) is 1. The third-order valence-electron chi connectivity index (χ3n) is 2.22. The van der Waals surface area contributed by atoms with Gasteiger partial charge in [0.15, 0.2) is 17.8 Å². The number of halogens is 1. The molecule has 1 unspecified atom stereocenters. The molecule has 0 aromatic heterocycles. The number of hydrogen-bond acceptors (Lipinski definition) is 4. The van der Waals surface area contributed by atoms with E-state index in [1.165, 1.54) is 6.20 Å². The summed E-state index contributed by atoms with van der Waals surface area (Å²) in [7, 11) is 0. The molecule has 0 bridgehead atoms. The van der Waals surface area contributed by atoms with E-state index in [9.17, 15) is 4.39 Å². The fraction of sp³-hybridized carbons (Fsp3) is 0.231. The molecule has 0 saturated heterocycles. The van der Waals surface area contributed by atoms with Crippen LogP contribution in [-0.4, -0.2) is 6.23 Å². The highest BCUT2D eigenvalue weighted by molar-refractivity contribution is 5.30. The Bertz CT molecular complexity index is 432. The van der Waals surface area contributed by atoms with Crippen LogP contribution in [0.5, 0.6) is 5.75 Å². The minimum absolute atomic E-state index is 0.208. The Labute approximate surface area is 106 Å². The van der Waals surface area contributed by atoms with Gasteiger partial charge in [0, 0.05) is 12.4 Å². The molecule has 4 nitrogen and oxygen atoms in total. The van der Waals surface area contributed by atoms with Crippen molar-refractivity contribution in [2.45, 2.75) is 20.1 Å². The lowest BCUT2D eigenvalue weighted by Gasteiger charge is -2.17. The van der Waals surface area contributed by atoms with Gasteiger partial charge in [-0.15, -0.1) is 0 Å². The lowest BCUT2D eigenvalue weighted by Crippen LogP contribution is -2.29. The first-order valence-electron chi connectivity index (χ1n) is 5.60. The molecule has 98 valence electrons. The van der Waals surface area contributed by atoms with E-state index in [0.29, 0.717) is 5.56 Å². The highest BCUT2D eigenvalue weighted by atomic mass is 19.1. The summed E-state index contributed by atoms with van der Waals surface area (Å²) in [6, 6.07) is 5.03. The van der Waals surface area contributed by atoms with Crippen LogP contribution in [0.25, 0.3) is 0 Å². The molecule has 0 aliphatic heterocycles. The molecule has 0 fully saturated rings. The molecule has 0 amide bonds. The summed E-state index contributed by atoms with van der Waals surface area (Å²) in [6.07, 6.45) is 6.21. The Morgan fingerprint density at radius 2 is 2.17 bits per heavy atom. The SMILES string of the molecule is C/C=C/C(N/C=C/NN)Oc1cccc(C)c1F. The van der Waals surface area contributed by atoms with Crippen molar-refractivity contribution < 1.29 is 9.13 Å². The maximum absolute atomic E-state index is 13.8. The summed E-state index contributed by atoms with van der Waals surface area (Å²) >= 11 is 0. The molecular formula is C13H18FN3O. The highest BCUT2D eigenvalue weighted by Crippen LogP contribution is 2.20. The number of nitrogens with two attached hydrogens (primary N) is 1. The van der Waals surface area contributed by atoms with Crippen LogP contribution < -0.4 is 21.3 Å². The second kappa shape index (κ2) is 7.34. The summed E-state index contributed by atoms with van der Waals surface area (Å²) in [4.78, 5) is 0. The average Bonchev–Trinajstić information content (AvgIpc) is 2.35. The Morgan fingerprint density at radius 1 is 1.39 bits per heavy atom. The molecule has 1 atom stereocenters. The first kappa shape index (κ1) is 14.1. The van der Waals surface area contributed by atoms with Crippen molar-refractivity contribution >= 4 is 0 Å². The summed E-state index contributed by atoms with van der Waals surface area (Å²) < 4.78 is 19.3. The molecule has 0 saturated carbocycles. The highest BCUT2D eigenvalue weighted by Gasteiger charge is 2.09. The van der Waals surface area contributed by atoms with Crippen LogP contribution in [0.1, 0.15) is 12.5 Å². The van der Waals surface area contributed by atoms with Gasteiger partial charge in [-0.25, -0.2) is 4.39 Å². The zero-order valence-corrected chi connectivity index (χ0v) is 10.5. The largest absolute Gasteiger partial charge is 0.464 e. The van der Waals surface area contributed by atoms with E-state index in [-0.39, 0.29) is 11.6 Å². The van der Waals surface area contributed by atoms with Crippen molar-refractivity contribution in [2.75, 3.05) is 0 Å². The fourth-order valence-corrected chi connectivity index (χ4v) is 1.34. The molecule has 0 spiro atoms. The van der Waals surface area contributed by atoms with Gasteiger partial charge in [0.2, 0.25) is 0 Å². The van der Waals surface area contributed by atoms with Crippen molar-refractivity contribution in [1.29, 1.82) is 0 Å². The van der Waals surface area contributed by atoms with Gasteiger partial charge in [0.25, 0.3) is 0 Å². The van der Waals surface area contributed by atoms with Gasteiger partial charge >= 0.3 is 0 Å². The van der Waals surface area contributed by atoms with E-state index in [4.69, 9.17) is 10.6 Å². The molecule has 1 aromatic carbocycles. The summed E-state index contributed by atoms with van der Waals surface area (Å²) in [5.74, 6) is 4.95. The first-order chi connectivity index (χ1) is 8.69. The number of benzene rings is 1. The molecular weight excluding hydrogens is 233 g/mol. The monoisotopic (exact) mass is 251 g/mol. The lowest BCUT2D eigenvalue weighted by molar-refractivity contribution is 0.218. The van der Waals surface area contributed by atoms with Gasteiger partial charge in [-0.2, -0.15) is 0 Å². The number of nitrogens with one attached hydrogen (secondary N) is 2. The molecule has 5 heteroatoms. The van der Waals surface area contributed by atoms with Gasteiger partial charge in [0.1, 0.15) is 0 Å². The van der Waals surface area contributed by atoms with E-state index in [1.54, 1.807) is 37.4 Å². The van der Waals surface area contributed by atoms with E-state index < -0.39 is 6.23 Å². The van der Waals surface area contributed by atoms with Crippen LogP contribution in [0.3, 0.4) is 0 Å². The fourth-order valence-electron chi connectivity index (χ4n) is 1.34. The molecule has 4 N–H and O–H groups in total. The summed E-state index contributed by atoms with van der Waals surface area (Å²) in [6.45, 7) is 3.55. The maximum Gasteiger partial charge on any atom is 0.189 e. The van der Waals surface area contributed by atoms with Crippen LogP contribution in [0.4, 0.5) is 4.39 Å². The Kier molecular flexibility index (Phi) is 5.73. The quantitative estimate of drug-likeness (QED) is 0.313. The van der Waals surface area contributed by atoms with Gasteiger partial charge < -0.3 is 15.5 Å². The molecule has 0 heterocycles. The third kappa shape index (κ3) is 4.10. The van der Waals surface area contributed by atoms with Crippen LogP contribution in [-0.2, 0) is 0 Å². The standard InChI is InChI=1S/C13H18FN3O/c1-3-5-12(16-8-9-17-15)18-11-7-4-6-10(2)13(11)14/h3-9,12,16-17H,15H2,1-2H3/b5-3+,9-8+. The van der Waals surface area contributed by atoms with Crippen molar-refractivity contribution in [1.82, 2.24) is 10.7 Å². The number of allylic oxidation sites excluding steroid dienone is 1. The van der Waals surface area contributed by atoms with Crippen LogP contribution in [0, 0.1) is 12.7 Å². The number of rotatable bonds is 6. The Balaban J connectivity index is 2.76. The van der Waals surface area contributed by atoms with Gasteiger partial charge in [-0.3, -0.25) is 5.84 Å². The summed E-state index contributed by atoms with van der Waals surface area (Å²) in [5.41, 5.74) is 2.90. The second-order valence-electron chi connectivity index (χ2n) is 3.62. The van der Waals surface area contributed by atoms with Crippen LogP contribution in [0.2, 0.25) is 0 Å². The average molecular weight is 251 g/mol. The zero-order chi connectivity index (χ0) is 13.4. The number of hydrogen-bond donors (Lipinski definition) is 3. The lowest BCUT2D eigenvalue weighted by atomic mass is 10.2. The smallest absolute Gasteiger partial charge is 0.189 e. The molecule has 0 aliphatic rings. The normalized spacial score (nSPS) is 12.9. The minimum Gasteiger partial charge on any atom is -0.464 e. The van der Waals surface area contributed by atoms with Crippen molar-refractivity contribution in [3.63, 3.8) is 0 Å². The Morgan fingerprint density at radius 3 is 2.83 bits per heavy atom. The minimum atomic E-state index is -0.462. The van der Waals surface area contributed by atoms with Crippen molar-refractivity contribution in [3.8, 4) is 5.75 Å². The van der Waals surface area contributed by atoms with Crippen LogP contribution >= 0.6 is 0 Å². The maximum atomic E-state index is 13.8. The molecule has 1 aromatic rings. The van der Waals surface area contributed by atoms with E-state index in [0.717, 1.165) is 0 Å². The predicted molar refractivity (Wildman–Crippen MR) is 70.0 cm³/mol. The predicted octanol–water partition coefficient (Wildman–Crippen LogP) is 1.94. The van der Waals surface area contributed by atoms with E-state index in [2.05, 4.69) is 10.7 Å². The third-order valence-corrected chi connectivity index (χ3v) is 2.22. The molecule has 1 rings (SSSR count). The molecule has 0 radical (unpaired) electrons. The first-order valence-corrected chi connectivity index (χ1v) is 5.60. The Hall–Kier alpha value is -2.01. The van der Waals surface area contributed by atoms with E-state index >= 15 is 0 Å². The number of aryl methyl sites for hydroxylation is 1. The van der Waals surface area contributed by atoms with Crippen molar-refractivity contribution in [2.24, 2.45) is 5.84 Å². The second-order valence-corrected chi connectivity index (χ2v) is 3.62. The van der Waals surface area contributed by atoms with E-state index in [1.807, 2.05) is 13.0 Å². The van der Waals surface area contributed by atoms with Crippen molar-refractivity contribution in [3.05, 3.63) is 54.1 Å². The molecule has 18 heavy (non-hydrogen) atoms. The van der Waals surface area contributed by atoms with Gasteiger partial charge in [0.05, 0.1) is 0 Å². The van der Waals surface area contributed by atoms with Gasteiger partial charge in [-0.1, -0.05) is 18.2 Å². The number of hydrazine groups is 1. The van der Waals surface area contributed by atoms with Gasteiger partial charge in [-0.05, 0) is 31.6 Å².